The highest BCUT2D eigenvalue weighted by Crippen LogP contribution is 2.60. The van der Waals surface area contributed by atoms with Gasteiger partial charge in [0.15, 0.2) is 0 Å². The first-order chi connectivity index (χ1) is 21.8. The van der Waals surface area contributed by atoms with Gasteiger partial charge >= 0.3 is 0 Å². The fourth-order valence-electron chi connectivity index (χ4n) is 8.13. The Balaban J connectivity index is 1.51. The van der Waals surface area contributed by atoms with Crippen molar-refractivity contribution in [2.75, 3.05) is 37.7 Å². The Kier molecular flexibility index (Phi) is 11.1. The molecule has 1 saturated carbocycles. The van der Waals surface area contributed by atoms with Gasteiger partial charge in [0.05, 0.1) is 24.5 Å². The van der Waals surface area contributed by atoms with Gasteiger partial charge in [0.2, 0.25) is 17.7 Å². The third kappa shape index (κ3) is 6.34. The van der Waals surface area contributed by atoms with Crippen LogP contribution in [0.5, 0.6) is 5.75 Å². The molecule has 246 valence electrons. The van der Waals surface area contributed by atoms with Gasteiger partial charge in [-0.05, 0) is 69.7 Å². The van der Waals surface area contributed by atoms with Crippen LogP contribution in [0.3, 0.4) is 0 Å². The van der Waals surface area contributed by atoms with E-state index in [0.717, 1.165) is 38.5 Å². The van der Waals surface area contributed by atoms with Gasteiger partial charge in [0.25, 0.3) is 0 Å². The van der Waals surface area contributed by atoms with Crippen LogP contribution in [-0.2, 0) is 19.1 Å². The second kappa shape index (κ2) is 14.8. The Bertz CT molecular complexity index is 1240. The van der Waals surface area contributed by atoms with E-state index < -0.39 is 29.6 Å². The number of hydrogen-bond donors (Lipinski definition) is 1. The maximum Gasteiger partial charge on any atom is 0.248 e. The number of alkyl halides is 1. The zero-order chi connectivity index (χ0) is 32.1. The molecule has 45 heavy (non-hydrogen) atoms. The summed E-state index contributed by atoms with van der Waals surface area (Å²) in [6, 6.07) is 6.61. The zero-order valence-corrected chi connectivity index (χ0v) is 28.0. The molecule has 0 aromatic heterocycles. The molecule has 2 bridgehead atoms. The first-order valence-electron chi connectivity index (χ1n) is 16.6. The van der Waals surface area contributed by atoms with E-state index in [-0.39, 0.29) is 41.7 Å². The molecule has 1 aromatic rings. The van der Waals surface area contributed by atoms with Crippen molar-refractivity contribution in [2.24, 2.45) is 11.8 Å². The van der Waals surface area contributed by atoms with E-state index in [1.165, 1.54) is 0 Å². The fourth-order valence-corrected chi connectivity index (χ4v) is 9.07. The molecule has 3 aliphatic heterocycles. The quantitative estimate of drug-likeness (QED) is 0.161. The number of hydrogen-bond acceptors (Lipinski definition) is 6. The number of unbranched alkanes of at least 4 members (excludes halogenated alkanes) is 2. The summed E-state index contributed by atoms with van der Waals surface area (Å²) in [7, 11) is 0. The normalized spacial score (nSPS) is 29.0. The highest BCUT2D eigenvalue weighted by atomic mass is 79.9. The number of carbonyl (C=O) groups is 3. The Labute approximate surface area is 275 Å². The lowest BCUT2D eigenvalue weighted by molar-refractivity contribution is -0.150. The maximum atomic E-state index is 14.8. The van der Waals surface area contributed by atoms with Crippen molar-refractivity contribution in [1.82, 2.24) is 9.80 Å². The number of halogens is 1. The second-order valence-electron chi connectivity index (χ2n) is 12.7. The summed E-state index contributed by atoms with van der Waals surface area (Å²) < 4.78 is 12.4. The molecule has 1 spiro atoms. The van der Waals surface area contributed by atoms with E-state index in [2.05, 4.69) is 29.1 Å². The number of fused-ring (bicyclic) bond motifs is 1. The molecule has 3 amide bonds. The third-order valence-corrected chi connectivity index (χ3v) is 10.9. The summed E-state index contributed by atoms with van der Waals surface area (Å²) in [5, 5.41) is 9.37. The molecule has 3 saturated heterocycles. The molecule has 0 radical (unpaired) electrons. The number of aliphatic hydroxyl groups excluding tert-OH is 1. The summed E-state index contributed by atoms with van der Waals surface area (Å²) >= 11 is 3.81. The van der Waals surface area contributed by atoms with Crippen molar-refractivity contribution < 1.29 is 29.0 Å². The van der Waals surface area contributed by atoms with E-state index in [1.54, 1.807) is 22.0 Å². The number of amides is 3. The highest BCUT2D eigenvalue weighted by Gasteiger charge is 2.77. The van der Waals surface area contributed by atoms with Crippen molar-refractivity contribution >= 4 is 39.3 Å². The van der Waals surface area contributed by atoms with Gasteiger partial charge in [-0.15, -0.1) is 13.2 Å². The van der Waals surface area contributed by atoms with Gasteiger partial charge in [0.1, 0.15) is 17.4 Å². The van der Waals surface area contributed by atoms with Crippen molar-refractivity contribution in [3.05, 3.63) is 49.6 Å². The summed E-state index contributed by atoms with van der Waals surface area (Å²) in [6.07, 6.45) is 10.5. The Morgan fingerprint density at radius 2 is 1.80 bits per heavy atom. The number of nitrogens with zero attached hydrogens (tertiary/aromatic N) is 3. The number of carbonyl (C=O) groups excluding carboxylic acids is 3. The van der Waals surface area contributed by atoms with Crippen molar-refractivity contribution in [1.29, 1.82) is 0 Å². The Morgan fingerprint density at radius 1 is 1.09 bits per heavy atom. The molecule has 3 unspecified atom stereocenters. The molecular formula is C35H48BrN3O6. The van der Waals surface area contributed by atoms with E-state index in [4.69, 9.17) is 9.47 Å². The molecule has 6 atom stereocenters. The van der Waals surface area contributed by atoms with Crippen LogP contribution in [0.4, 0.5) is 5.69 Å². The minimum Gasteiger partial charge on any atom is -0.494 e. The van der Waals surface area contributed by atoms with Crippen molar-refractivity contribution in [3.63, 3.8) is 0 Å². The monoisotopic (exact) mass is 685 g/mol. The minimum atomic E-state index is -1.11. The van der Waals surface area contributed by atoms with E-state index in [0.29, 0.717) is 50.4 Å². The maximum absolute atomic E-state index is 14.8. The fraction of sp³-hybridized carbons (Fsp3) is 0.629. The van der Waals surface area contributed by atoms with Crippen LogP contribution in [0, 0.1) is 11.8 Å². The van der Waals surface area contributed by atoms with Gasteiger partial charge in [-0.2, -0.15) is 0 Å². The molecule has 3 heterocycles. The van der Waals surface area contributed by atoms with E-state index >= 15 is 0 Å². The van der Waals surface area contributed by atoms with Crippen LogP contribution in [0.2, 0.25) is 0 Å². The van der Waals surface area contributed by atoms with Crippen LogP contribution in [-0.4, -0.2) is 94.1 Å². The van der Waals surface area contributed by atoms with Crippen LogP contribution < -0.4 is 9.64 Å². The molecule has 1 N–H and O–H groups in total. The highest BCUT2D eigenvalue weighted by molar-refractivity contribution is 9.09. The summed E-state index contributed by atoms with van der Waals surface area (Å²) in [5.74, 6) is -1.34. The molecule has 5 rings (SSSR count). The Hall–Kier alpha value is -2.69. The molecule has 1 aromatic carbocycles. The average Bonchev–Trinajstić information content (AvgIpc) is 3.64. The first kappa shape index (κ1) is 33.7. The average molecular weight is 687 g/mol. The van der Waals surface area contributed by atoms with Gasteiger partial charge in [-0.1, -0.05) is 47.3 Å². The number of aliphatic hydroxyl groups is 1. The van der Waals surface area contributed by atoms with Gasteiger partial charge in [0, 0.05) is 42.8 Å². The van der Waals surface area contributed by atoms with Crippen LogP contribution in [0.15, 0.2) is 49.6 Å². The van der Waals surface area contributed by atoms with E-state index in [1.807, 2.05) is 36.1 Å². The van der Waals surface area contributed by atoms with Gasteiger partial charge in [-0.3, -0.25) is 14.4 Å². The minimum absolute atomic E-state index is 0.0784. The number of likely N-dealkylation sites (tertiary alicyclic amines) is 1. The number of benzene rings is 1. The molecule has 9 nitrogen and oxygen atoms in total. The third-order valence-electron chi connectivity index (χ3n) is 10.0. The zero-order valence-electron chi connectivity index (χ0n) is 26.4. The molecule has 1 aliphatic carbocycles. The summed E-state index contributed by atoms with van der Waals surface area (Å²) in [4.78, 5) is 49.0. The first-order valence-corrected chi connectivity index (χ1v) is 17.5. The van der Waals surface area contributed by atoms with Gasteiger partial charge < -0.3 is 29.3 Å². The SMILES string of the molecule is C=CCN(C(=O)[C@H]1[C@@H]2OC3(CC2Br)C(C(=O)N(CC=C)C2CCCCC2)N(CCCCCO)C(=O)[C@H]13)c1ccc(OCC)cc1. The summed E-state index contributed by atoms with van der Waals surface area (Å²) in [5.41, 5.74) is -0.434. The lowest BCUT2D eigenvalue weighted by atomic mass is 9.70. The van der Waals surface area contributed by atoms with E-state index in [9.17, 15) is 19.5 Å². The molecular weight excluding hydrogens is 638 g/mol. The summed E-state index contributed by atoms with van der Waals surface area (Å²) in [6.45, 7) is 11.4. The number of anilines is 1. The standard InChI is InChI=1S/C35H48BrN3O6/c1-4-19-37(25-15-17-26(18-16-25)44-6-3)32(41)28-29-33(42)39(21-11-8-12-22-40)31(35(29)23-27(36)30(28)45-35)34(43)38(20-5-2)24-13-9-7-10-14-24/h4-5,15-18,24,27-31,40H,1-2,6-14,19-23H2,3H3/t27?,28-,29+,30-,31?,35?/m1/s1. The van der Waals surface area contributed by atoms with Crippen LogP contribution in [0.25, 0.3) is 0 Å². The van der Waals surface area contributed by atoms with Crippen LogP contribution >= 0.6 is 15.9 Å². The molecule has 4 fully saturated rings. The Morgan fingerprint density at radius 3 is 2.44 bits per heavy atom. The lowest BCUT2D eigenvalue weighted by Crippen LogP contribution is -2.59. The second-order valence-corrected chi connectivity index (χ2v) is 13.9. The van der Waals surface area contributed by atoms with Crippen molar-refractivity contribution in [2.45, 2.75) is 93.3 Å². The topological polar surface area (TPSA) is 99.6 Å². The molecule has 10 heteroatoms. The van der Waals surface area contributed by atoms with Crippen molar-refractivity contribution in [3.8, 4) is 5.75 Å². The predicted molar refractivity (Wildman–Crippen MR) is 177 cm³/mol. The number of ether oxygens (including phenoxy) is 2. The largest absolute Gasteiger partial charge is 0.494 e. The smallest absolute Gasteiger partial charge is 0.248 e. The van der Waals surface area contributed by atoms with Gasteiger partial charge in [-0.25, -0.2) is 0 Å². The lowest BCUT2D eigenvalue weighted by Gasteiger charge is -2.41. The molecule has 4 aliphatic rings. The van der Waals surface area contributed by atoms with Crippen LogP contribution in [0.1, 0.15) is 64.7 Å². The predicted octanol–water partition coefficient (Wildman–Crippen LogP) is 4.86. The number of rotatable bonds is 15.